The highest BCUT2D eigenvalue weighted by molar-refractivity contribution is 6.55. The molecule has 2 heterocycles. The first kappa shape index (κ1) is 18.0. The van der Waals surface area contributed by atoms with Crippen LogP contribution in [0.5, 0.6) is 0 Å². The lowest BCUT2D eigenvalue weighted by Crippen LogP contribution is -2.41. The summed E-state index contributed by atoms with van der Waals surface area (Å²) in [5.74, 6) is 0. The van der Waals surface area contributed by atoms with E-state index in [9.17, 15) is 13.2 Å². The summed E-state index contributed by atoms with van der Waals surface area (Å²) in [6, 6.07) is 2.23. The third-order valence-corrected chi connectivity index (χ3v) is 4.26. The van der Waals surface area contributed by atoms with Gasteiger partial charge in [-0.1, -0.05) is 0 Å². The Morgan fingerprint density at radius 3 is 2.30 bits per heavy atom. The minimum Gasteiger partial charge on any atom is -0.400 e. The molecule has 23 heavy (non-hydrogen) atoms. The zero-order chi connectivity index (χ0) is 17.5. The Hall–Kier alpha value is -1.38. The monoisotopic (exact) mass is 328 g/mol. The Labute approximate surface area is 134 Å². The third kappa shape index (κ3) is 3.59. The summed E-state index contributed by atoms with van der Waals surface area (Å²) in [6.07, 6.45) is -1.89. The van der Waals surface area contributed by atoms with Crippen LogP contribution < -0.4 is 5.73 Å². The summed E-state index contributed by atoms with van der Waals surface area (Å²) in [5.41, 5.74) is 3.90. The van der Waals surface area contributed by atoms with E-state index >= 15 is 0 Å². The molecule has 0 spiro atoms. The number of nitrogens with two attached hydrogens (primary N) is 1. The topological polar surface area (TPSA) is 57.4 Å². The average Bonchev–Trinajstić information content (AvgIpc) is 2.64. The van der Waals surface area contributed by atoms with Gasteiger partial charge in [-0.3, -0.25) is 4.98 Å². The minimum absolute atomic E-state index is 0.00466. The van der Waals surface area contributed by atoms with Crippen LogP contribution in [0.1, 0.15) is 39.0 Å². The van der Waals surface area contributed by atoms with Crippen molar-refractivity contribution in [3.05, 3.63) is 35.1 Å². The van der Waals surface area contributed by atoms with Gasteiger partial charge >= 0.3 is 13.3 Å². The summed E-state index contributed by atoms with van der Waals surface area (Å²) >= 11 is 0. The van der Waals surface area contributed by atoms with Crippen LogP contribution in [0.4, 0.5) is 13.2 Å². The summed E-state index contributed by atoms with van der Waals surface area (Å²) < 4.78 is 50.9. The highest BCUT2D eigenvalue weighted by Crippen LogP contribution is 2.39. The van der Waals surface area contributed by atoms with Gasteiger partial charge in [-0.25, -0.2) is 0 Å². The van der Waals surface area contributed by atoms with Gasteiger partial charge < -0.3 is 15.0 Å². The Bertz CT molecular complexity index is 599. The normalized spacial score (nSPS) is 20.9. The van der Waals surface area contributed by atoms with Gasteiger partial charge in [0, 0.05) is 12.7 Å². The van der Waals surface area contributed by atoms with Crippen LogP contribution in [0.15, 0.2) is 23.8 Å². The summed E-state index contributed by atoms with van der Waals surface area (Å²) in [6.45, 7) is 7.46. The van der Waals surface area contributed by atoms with Crippen molar-refractivity contribution in [2.75, 3.05) is 6.54 Å². The maximum atomic E-state index is 13.1. The quantitative estimate of drug-likeness (QED) is 0.867. The maximum absolute atomic E-state index is 13.1. The van der Waals surface area contributed by atoms with Crippen LogP contribution in [0, 0.1) is 0 Å². The summed E-state index contributed by atoms with van der Waals surface area (Å²) in [5, 5.41) is 0. The van der Waals surface area contributed by atoms with Gasteiger partial charge in [0.05, 0.1) is 22.5 Å². The van der Waals surface area contributed by atoms with E-state index in [2.05, 4.69) is 4.98 Å². The molecule has 0 aromatic carbocycles. The second kappa shape index (κ2) is 5.92. The zero-order valence-corrected chi connectivity index (χ0v) is 13.6. The molecule has 0 amide bonds. The number of rotatable bonds is 3. The van der Waals surface area contributed by atoms with Crippen molar-refractivity contribution in [3.8, 4) is 0 Å². The molecule has 0 bridgehead atoms. The maximum Gasteiger partial charge on any atom is 0.491 e. The first-order valence-electron chi connectivity index (χ1n) is 7.26. The number of alkyl halides is 3. The van der Waals surface area contributed by atoms with Crippen LogP contribution in [-0.4, -0.2) is 29.8 Å². The molecule has 0 saturated carbocycles. The lowest BCUT2D eigenvalue weighted by molar-refractivity contribution is -0.138. The van der Waals surface area contributed by atoms with Crippen molar-refractivity contribution >= 4 is 13.2 Å². The van der Waals surface area contributed by atoms with E-state index in [1.54, 1.807) is 0 Å². The van der Waals surface area contributed by atoms with E-state index < -0.39 is 30.1 Å². The van der Waals surface area contributed by atoms with Crippen LogP contribution in [-0.2, 0) is 15.5 Å². The van der Waals surface area contributed by atoms with Gasteiger partial charge in [-0.2, -0.15) is 13.2 Å². The molecular weight excluding hydrogens is 308 g/mol. The molecule has 0 unspecified atom stereocenters. The largest absolute Gasteiger partial charge is 0.491 e. The van der Waals surface area contributed by atoms with Gasteiger partial charge in [0.1, 0.15) is 0 Å². The lowest BCUT2D eigenvalue weighted by Gasteiger charge is -2.32. The van der Waals surface area contributed by atoms with Gasteiger partial charge in [0.15, 0.2) is 0 Å². The fourth-order valence-corrected chi connectivity index (χ4v) is 2.17. The Kier molecular flexibility index (Phi) is 4.63. The number of nitrogens with zero attached hydrogens (tertiary/aromatic N) is 1. The van der Waals surface area contributed by atoms with E-state index in [1.807, 2.05) is 27.7 Å². The molecule has 1 aliphatic rings. The molecular formula is C15H20BF3N2O2. The van der Waals surface area contributed by atoms with Gasteiger partial charge in [-0.05, 0) is 51.4 Å². The lowest BCUT2D eigenvalue weighted by atomic mass is 9.77. The van der Waals surface area contributed by atoms with Crippen LogP contribution in [0.3, 0.4) is 0 Å². The van der Waals surface area contributed by atoms with Crippen LogP contribution in [0.25, 0.3) is 6.08 Å². The smallest absolute Gasteiger partial charge is 0.400 e. The molecule has 126 valence electrons. The van der Waals surface area contributed by atoms with Gasteiger partial charge in [0.2, 0.25) is 0 Å². The van der Waals surface area contributed by atoms with Crippen molar-refractivity contribution in [2.45, 2.75) is 45.1 Å². The fraction of sp³-hybridized carbons (Fsp3) is 0.533. The van der Waals surface area contributed by atoms with E-state index in [4.69, 9.17) is 15.0 Å². The van der Waals surface area contributed by atoms with Crippen molar-refractivity contribution in [1.29, 1.82) is 0 Å². The summed E-state index contributed by atoms with van der Waals surface area (Å²) in [4.78, 5) is 3.81. The van der Waals surface area contributed by atoms with Gasteiger partial charge in [0.25, 0.3) is 0 Å². The molecule has 0 aliphatic carbocycles. The van der Waals surface area contributed by atoms with Gasteiger partial charge in [-0.15, -0.1) is 0 Å². The Morgan fingerprint density at radius 2 is 1.83 bits per heavy atom. The van der Waals surface area contributed by atoms with E-state index in [0.717, 1.165) is 6.07 Å². The molecule has 0 atom stereocenters. The van der Waals surface area contributed by atoms with Crippen molar-refractivity contribution in [2.24, 2.45) is 5.73 Å². The standard InChI is InChI=1S/C15H20BF3N2O2/c1-13(2)14(3,4)23-16(22-13)10(9-20)8-12-11(15(17,18)19)6-5-7-21-12/h5-8H,9,20H2,1-4H3. The first-order valence-corrected chi connectivity index (χ1v) is 7.26. The number of hydrogen-bond acceptors (Lipinski definition) is 4. The van der Waals surface area contributed by atoms with E-state index in [-0.39, 0.29) is 12.2 Å². The molecule has 8 heteroatoms. The number of pyridine rings is 1. The van der Waals surface area contributed by atoms with Crippen molar-refractivity contribution in [1.82, 2.24) is 4.98 Å². The second-order valence-electron chi connectivity index (χ2n) is 6.45. The number of hydrogen-bond donors (Lipinski definition) is 1. The molecule has 1 aromatic rings. The average molecular weight is 328 g/mol. The predicted octanol–water partition coefficient (Wildman–Crippen LogP) is 3.07. The van der Waals surface area contributed by atoms with Crippen molar-refractivity contribution < 1.29 is 22.5 Å². The minimum atomic E-state index is -4.49. The fourth-order valence-electron chi connectivity index (χ4n) is 2.17. The van der Waals surface area contributed by atoms with Crippen molar-refractivity contribution in [3.63, 3.8) is 0 Å². The predicted molar refractivity (Wildman–Crippen MR) is 82.4 cm³/mol. The number of halogens is 3. The molecule has 1 aliphatic heterocycles. The third-order valence-electron chi connectivity index (χ3n) is 4.26. The molecule has 2 N–H and O–H groups in total. The molecule has 4 nitrogen and oxygen atoms in total. The molecule has 1 aromatic heterocycles. The second-order valence-corrected chi connectivity index (χ2v) is 6.45. The SMILES string of the molecule is CC1(C)OB(C(=Cc2ncccc2C(F)(F)F)CN)OC1(C)C. The molecule has 1 fully saturated rings. The first-order chi connectivity index (χ1) is 10.5. The summed E-state index contributed by atoms with van der Waals surface area (Å²) in [7, 11) is -0.798. The molecule has 2 rings (SSSR count). The molecule has 1 saturated heterocycles. The molecule has 0 radical (unpaired) electrons. The van der Waals surface area contributed by atoms with E-state index in [0.29, 0.717) is 5.47 Å². The van der Waals surface area contributed by atoms with E-state index in [1.165, 1.54) is 18.3 Å². The van der Waals surface area contributed by atoms with Crippen LogP contribution in [0.2, 0.25) is 0 Å². The zero-order valence-electron chi connectivity index (χ0n) is 13.6. The Morgan fingerprint density at radius 1 is 1.26 bits per heavy atom. The highest BCUT2D eigenvalue weighted by Gasteiger charge is 2.52. The highest BCUT2D eigenvalue weighted by atomic mass is 19.4. The number of aromatic nitrogens is 1. The Balaban J connectivity index is 2.39. The van der Waals surface area contributed by atoms with Crippen LogP contribution >= 0.6 is 0 Å².